The minimum Gasteiger partial charge on any atom is -0.357 e. The van der Waals surface area contributed by atoms with Crippen molar-refractivity contribution in [3.63, 3.8) is 0 Å². The first kappa shape index (κ1) is 19.3. The Balaban J connectivity index is 0.00000242. The number of rotatable bonds is 5. The van der Waals surface area contributed by atoms with E-state index in [4.69, 9.17) is 4.99 Å². The number of nitrogens with zero attached hydrogens (tertiary/aromatic N) is 4. The molecule has 2 rings (SSSR count). The van der Waals surface area contributed by atoms with Gasteiger partial charge in [-0.3, -0.25) is 4.99 Å². The zero-order chi connectivity index (χ0) is 15.2. The Hall–Kier alpha value is -0.760. The van der Waals surface area contributed by atoms with E-state index in [0.717, 1.165) is 25.6 Å². The quantitative estimate of drug-likeness (QED) is 0.452. The van der Waals surface area contributed by atoms with Crippen molar-refractivity contribution in [2.45, 2.75) is 32.4 Å². The van der Waals surface area contributed by atoms with Gasteiger partial charge in [0.15, 0.2) is 5.96 Å². The number of likely N-dealkylation sites (tertiary alicyclic amines) is 1. The fraction of sp³-hybridized carbons (Fsp3) is 0.688. The van der Waals surface area contributed by atoms with Gasteiger partial charge >= 0.3 is 0 Å². The molecule has 1 saturated heterocycles. The van der Waals surface area contributed by atoms with Crippen LogP contribution in [-0.4, -0.2) is 60.1 Å². The second-order valence-corrected chi connectivity index (χ2v) is 5.94. The van der Waals surface area contributed by atoms with E-state index in [1.54, 1.807) is 0 Å². The number of aliphatic imine (C=N–C) groups is 1. The first-order valence-corrected chi connectivity index (χ1v) is 7.91. The number of hydrogen-bond donors (Lipinski definition) is 1. The Morgan fingerprint density at radius 2 is 2.23 bits per heavy atom. The second kappa shape index (κ2) is 9.39. The Morgan fingerprint density at radius 3 is 2.77 bits per heavy atom. The molecule has 0 spiro atoms. The summed E-state index contributed by atoms with van der Waals surface area (Å²) in [6.07, 6.45) is 4.65. The maximum atomic E-state index is 4.84. The molecule has 22 heavy (non-hydrogen) atoms. The molecule has 0 radical (unpaired) electrons. The summed E-state index contributed by atoms with van der Waals surface area (Å²) in [7, 11) is 6.39. The SMILES string of the molecule is CCNC(=NCC1CCCN1C)N(C)Cc1cccn1C.I. The average Bonchev–Trinajstić information content (AvgIpc) is 3.04. The lowest BCUT2D eigenvalue weighted by molar-refractivity contribution is 0.316. The van der Waals surface area contributed by atoms with Crippen molar-refractivity contribution in [3.05, 3.63) is 24.0 Å². The standard InChI is InChI=1S/C16H29N5.HI/c1-5-17-16(18-12-14-8-6-10-19(14)2)21(4)13-15-9-7-11-20(15)3;/h7,9,11,14H,5-6,8,10,12-13H2,1-4H3,(H,17,18);1H. The van der Waals surface area contributed by atoms with Crippen LogP contribution in [0.15, 0.2) is 23.3 Å². The van der Waals surface area contributed by atoms with Crippen LogP contribution < -0.4 is 5.32 Å². The zero-order valence-electron chi connectivity index (χ0n) is 14.2. The van der Waals surface area contributed by atoms with Crippen LogP contribution in [0.3, 0.4) is 0 Å². The maximum absolute atomic E-state index is 4.84. The molecule has 1 aliphatic heterocycles. The number of halogens is 1. The monoisotopic (exact) mass is 419 g/mol. The number of aromatic nitrogens is 1. The smallest absolute Gasteiger partial charge is 0.194 e. The van der Waals surface area contributed by atoms with Crippen LogP contribution in [0, 0.1) is 0 Å². The predicted molar refractivity (Wildman–Crippen MR) is 104 cm³/mol. The van der Waals surface area contributed by atoms with E-state index in [2.05, 4.69) is 66.1 Å². The fourth-order valence-corrected chi connectivity index (χ4v) is 2.85. The average molecular weight is 419 g/mol. The third-order valence-electron chi connectivity index (χ3n) is 4.27. The van der Waals surface area contributed by atoms with Gasteiger partial charge in [-0.05, 0) is 45.5 Å². The summed E-state index contributed by atoms with van der Waals surface area (Å²) in [5.41, 5.74) is 1.29. The molecule has 0 aromatic carbocycles. The highest BCUT2D eigenvalue weighted by Gasteiger charge is 2.20. The summed E-state index contributed by atoms with van der Waals surface area (Å²) in [4.78, 5) is 9.46. The molecule has 1 aromatic rings. The van der Waals surface area contributed by atoms with Crippen molar-refractivity contribution in [1.82, 2.24) is 19.7 Å². The van der Waals surface area contributed by atoms with Gasteiger partial charge in [-0.1, -0.05) is 0 Å². The Morgan fingerprint density at radius 1 is 1.45 bits per heavy atom. The molecular weight excluding hydrogens is 389 g/mol. The van der Waals surface area contributed by atoms with E-state index in [1.165, 1.54) is 25.1 Å². The molecule has 0 amide bonds. The normalized spacial score (nSPS) is 19.1. The number of aryl methyl sites for hydroxylation is 1. The summed E-state index contributed by atoms with van der Waals surface area (Å²) < 4.78 is 2.16. The van der Waals surface area contributed by atoms with Gasteiger partial charge in [-0.15, -0.1) is 24.0 Å². The molecule has 1 aliphatic rings. The summed E-state index contributed by atoms with van der Waals surface area (Å²) in [6, 6.07) is 4.84. The molecule has 0 saturated carbocycles. The summed E-state index contributed by atoms with van der Waals surface area (Å²) >= 11 is 0. The van der Waals surface area contributed by atoms with E-state index in [9.17, 15) is 0 Å². The Labute approximate surface area is 151 Å². The van der Waals surface area contributed by atoms with Gasteiger partial charge in [0, 0.05) is 38.6 Å². The van der Waals surface area contributed by atoms with Crippen LogP contribution in [-0.2, 0) is 13.6 Å². The molecule has 2 heterocycles. The summed E-state index contributed by atoms with van der Waals surface area (Å²) in [5, 5.41) is 3.40. The number of guanidine groups is 1. The first-order valence-electron chi connectivity index (χ1n) is 7.91. The molecule has 1 aromatic heterocycles. The van der Waals surface area contributed by atoms with Crippen molar-refractivity contribution in [2.75, 3.05) is 33.7 Å². The van der Waals surface area contributed by atoms with Gasteiger partial charge in [-0.2, -0.15) is 0 Å². The third-order valence-corrected chi connectivity index (χ3v) is 4.27. The van der Waals surface area contributed by atoms with Crippen molar-refractivity contribution in [1.29, 1.82) is 0 Å². The van der Waals surface area contributed by atoms with Gasteiger partial charge in [0.25, 0.3) is 0 Å². The van der Waals surface area contributed by atoms with Crippen LogP contribution >= 0.6 is 24.0 Å². The van der Waals surface area contributed by atoms with E-state index < -0.39 is 0 Å². The molecule has 1 N–H and O–H groups in total. The predicted octanol–water partition coefficient (Wildman–Crippen LogP) is 2.13. The lowest BCUT2D eigenvalue weighted by Crippen LogP contribution is -2.40. The Kier molecular flexibility index (Phi) is 8.24. The van der Waals surface area contributed by atoms with E-state index >= 15 is 0 Å². The van der Waals surface area contributed by atoms with E-state index in [-0.39, 0.29) is 24.0 Å². The topological polar surface area (TPSA) is 35.8 Å². The fourth-order valence-electron chi connectivity index (χ4n) is 2.85. The lowest BCUT2D eigenvalue weighted by Gasteiger charge is -2.24. The van der Waals surface area contributed by atoms with E-state index in [0.29, 0.717) is 6.04 Å². The van der Waals surface area contributed by atoms with Crippen LogP contribution in [0.4, 0.5) is 0 Å². The molecule has 1 unspecified atom stereocenters. The van der Waals surface area contributed by atoms with Gasteiger partial charge in [0.05, 0.1) is 13.1 Å². The minimum absolute atomic E-state index is 0. The highest BCUT2D eigenvalue weighted by atomic mass is 127. The highest BCUT2D eigenvalue weighted by Crippen LogP contribution is 2.14. The van der Waals surface area contributed by atoms with Gasteiger partial charge in [0.2, 0.25) is 0 Å². The van der Waals surface area contributed by atoms with Crippen LogP contribution in [0.25, 0.3) is 0 Å². The van der Waals surface area contributed by atoms with Crippen LogP contribution in [0.1, 0.15) is 25.5 Å². The zero-order valence-corrected chi connectivity index (χ0v) is 16.6. The summed E-state index contributed by atoms with van der Waals surface area (Å²) in [6.45, 7) is 5.98. The summed E-state index contributed by atoms with van der Waals surface area (Å²) in [5.74, 6) is 0.999. The van der Waals surface area contributed by atoms with Gasteiger partial charge < -0.3 is 19.7 Å². The van der Waals surface area contributed by atoms with Crippen molar-refractivity contribution >= 4 is 29.9 Å². The van der Waals surface area contributed by atoms with Crippen molar-refractivity contribution in [3.8, 4) is 0 Å². The Bertz CT molecular complexity index is 471. The largest absolute Gasteiger partial charge is 0.357 e. The first-order chi connectivity index (χ1) is 10.1. The van der Waals surface area contributed by atoms with E-state index in [1.807, 2.05) is 0 Å². The molecule has 1 fully saturated rings. The third kappa shape index (κ3) is 5.15. The number of hydrogen-bond acceptors (Lipinski definition) is 2. The second-order valence-electron chi connectivity index (χ2n) is 5.94. The molecule has 126 valence electrons. The minimum atomic E-state index is 0. The van der Waals surface area contributed by atoms with Crippen molar-refractivity contribution in [2.24, 2.45) is 12.0 Å². The molecule has 1 atom stereocenters. The van der Waals surface area contributed by atoms with Crippen molar-refractivity contribution < 1.29 is 0 Å². The number of likely N-dealkylation sites (N-methyl/N-ethyl adjacent to an activating group) is 1. The van der Waals surface area contributed by atoms with Gasteiger partial charge in [0.1, 0.15) is 0 Å². The molecule has 6 heteroatoms. The lowest BCUT2D eigenvalue weighted by atomic mass is 10.2. The molecular formula is C16H30IN5. The molecule has 0 aliphatic carbocycles. The molecule has 5 nitrogen and oxygen atoms in total. The van der Waals surface area contributed by atoms with Gasteiger partial charge in [-0.25, -0.2) is 0 Å². The maximum Gasteiger partial charge on any atom is 0.194 e. The van der Waals surface area contributed by atoms with Crippen LogP contribution in [0.2, 0.25) is 0 Å². The van der Waals surface area contributed by atoms with Crippen LogP contribution in [0.5, 0.6) is 0 Å². The highest BCUT2D eigenvalue weighted by molar-refractivity contribution is 14.0. The molecule has 0 bridgehead atoms. The number of nitrogens with one attached hydrogen (secondary N) is 1.